The van der Waals surface area contributed by atoms with Crippen LogP contribution in [0.5, 0.6) is 0 Å². The van der Waals surface area contributed by atoms with E-state index in [1.165, 1.54) is 0 Å². The predicted molar refractivity (Wildman–Crippen MR) is 78.2 cm³/mol. The van der Waals surface area contributed by atoms with Crippen molar-refractivity contribution in [2.75, 3.05) is 5.32 Å². The van der Waals surface area contributed by atoms with Gasteiger partial charge in [-0.2, -0.15) is 0 Å². The number of carbonyl (C=O) groups is 1. The molecule has 0 aromatic heterocycles. The van der Waals surface area contributed by atoms with Crippen LogP contribution in [0, 0.1) is 19.7 Å². The van der Waals surface area contributed by atoms with Crippen LogP contribution < -0.4 is 11.1 Å². The van der Waals surface area contributed by atoms with E-state index in [0.717, 1.165) is 17.2 Å². The lowest BCUT2D eigenvalue weighted by atomic mass is 10.1. The van der Waals surface area contributed by atoms with Crippen LogP contribution in [0.2, 0.25) is 0 Å². The van der Waals surface area contributed by atoms with E-state index in [1.807, 2.05) is 31.2 Å². The number of hydrogen-bond donors (Lipinski definition) is 2. The van der Waals surface area contributed by atoms with E-state index in [9.17, 15) is 9.18 Å². The number of primary amides is 1. The minimum absolute atomic E-state index is 0.167. The molecule has 2 rings (SSSR count). The summed E-state index contributed by atoms with van der Waals surface area (Å²) in [5.41, 5.74) is 8.71. The van der Waals surface area contributed by atoms with Gasteiger partial charge in [0.1, 0.15) is 5.82 Å². The first-order chi connectivity index (χ1) is 9.49. The van der Waals surface area contributed by atoms with E-state index in [-0.39, 0.29) is 5.56 Å². The fourth-order valence-electron chi connectivity index (χ4n) is 2.00. The molecular formula is C16H17FN2O. The van der Waals surface area contributed by atoms with E-state index < -0.39 is 11.7 Å². The van der Waals surface area contributed by atoms with Crippen LogP contribution in [-0.4, -0.2) is 5.91 Å². The summed E-state index contributed by atoms with van der Waals surface area (Å²) in [6.45, 7) is 4.25. The van der Waals surface area contributed by atoms with Crippen molar-refractivity contribution in [3.05, 3.63) is 64.5 Å². The number of benzene rings is 2. The molecule has 104 valence electrons. The molecule has 3 nitrogen and oxygen atoms in total. The van der Waals surface area contributed by atoms with Gasteiger partial charge in [0, 0.05) is 23.4 Å². The molecule has 0 saturated heterocycles. The Balaban J connectivity index is 2.25. The van der Waals surface area contributed by atoms with Gasteiger partial charge in [-0.15, -0.1) is 0 Å². The van der Waals surface area contributed by atoms with Crippen LogP contribution in [-0.2, 0) is 6.54 Å². The summed E-state index contributed by atoms with van der Waals surface area (Å²) in [5, 5.41) is 3.16. The Bertz CT molecular complexity index is 653. The standard InChI is InChI=1S/C16H17FN2O/c1-10-5-3-4-6-12(10)9-19-15-8-13(16(18)20)7-14(17)11(15)2/h3-8,19H,9H2,1-2H3,(H2,18,20). The number of hydrogen-bond acceptors (Lipinski definition) is 2. The van der Waals surface area contributed by atoms with E-state index in [0.29, 0.717) is 17.8 Å². The highest BCUT2D eigenvalue weighted by atomic mass is 19.1. The normalized spacial score (nSPS) is 10.3. The summed E-state index contributed by atoms with van der Waals surface area (Å²) in [5.74, 6) is -1.07. The van der Waals surface area contributed by atoms with Gasteiger partial charge < -0.3 is 11.1 Å². The van der Waals surface area contributed by atoms with Crippen molar-refractivity contribution in [3.63, 3.8) is 0 Å². The first-order valence-electron chi connectivity index (χ1n) is 6.37. The molecule has 0 atom stereocenters. The lowest BCUT2D eigenvalue weighted by Gasteiger charge is -2.13. The molecular weight excluding hydrogens is 255 g/mol. The molecule has 0 heterocycles. The lowest BCUT2D eigenvalue weighted by Crippen LogP contribution is -2.13. The zero-order valence-electron chi connectivity index (χ0n) is 11.5. The Labute approximate surface area is 117 Å². The summed E-state index contributed by atoms with van der Waals surface area (Å²) in [4.78, 5) is 11.2. The maximum atomic E-state index is 13.8. The first kappa shape index (κ1) is 14.1. The fraction of sp³-hybridized carbons (Fsp3) is 0.188. The summed E-state index contributed by atoms with van der Waals surface area (Å²) in [6.07, 6.45) is 0. The quantitative estimate of drug-likeness (QED) is 0.898. The Morgan fingerprint density at radius 2 is 1.95 bits per heavy atom. The number of halogens is 1. The third kappa shape index (κ3) is 2.96. The second-order valence-corrected chi connectivity index (χ2v) is 4.77. The van der Waals surface area contributed by atoms with Crippen LogP contribution in [0.25, 0.3) is 0 Å². The van der Waals surface area contributed by atoms with Gasteiger partial charge in [-0.1, -0.05) is 24.3 Å². The maximum absolute atomic E-state index is 13.8. The summed E-state index contributed by atoms with van der Waals surface area (Å²) < 4.78 is 13.8. The molecule has 3 N–H and O–H groups in total. The molecule has 0 aliphatic heterocycles. The van der Waals surface area contributed by atoms with Gasteiger partial charge in [0.05, 0.1) is 0 Å². The van der Waals surface area contributed by atoms with Crippen molar-refractivity contribution in [2.45, 2.75) is 20.4 Å². The minimum atomic E-state index is -0.636. The number of aryl methyl sites for hydroxylation is 1. The Hall–Kier alpha value is -2.36. The highest BCUT2D eigenvalue weighted by Crippen LogP contribution is 2.21. The Morgan fingerprint density at radius 3 is 2.60 bits per heavy atom. The van der Waals surface area contributed by atoms with Crippen LogP contribution in [0.3, 0.4) is 0 Å². The van der Waals surface area contributed by atoms with Crippen molar-refractivity contribution < 1.29 is 9.18 Å². The number of amides is 1. The van der Waals surface area contributed by atoms with Crippen molar-refractivity contribution in [1.82, 2.24) is 0 Å². The van der Waals surface area contributed by atoms with Crippen molar-refractivity contribution in [3.8, 4) is 0 Å². The molecule has 0 radical (unpaired) electrons. The molecule has 0 bridgehead atoms. The molecule has 20 heavy (non-hydrogen) atoms. The van der Waals surface area contributed by atoms with Gasteiger partial charge in [-0.05, 0) is 37.1 Å². The minimum Gasteiger partial charge on any atom is -0.381 e. The van der Waals surface area contributed by atoms with E-state index in [2.05, 4.69) is 5.32 Å². The number of nitrogens with one attached hydrogen (secondary N) is 1. The van der Waals surface area contributed by atoms with Crippen LogP contribution >= 0.6 is 0 Å². The van der Waals surface area contributed by atoms with Crippen LogP contribution in [0.1, 0.15) is 27.0 Å². The van der Waals surface area contributed by atoms with Gasteiger partial charge in [0.15, 0.2) is 0 Å². The summed E-state index contributed by atoms with van der Waals surface area (Å²) in [6, 6.07) is 10.7. The molecule has 4 heteroatoms. The van der Waals surface area contributed by atoms with E-state index in [1.54, 1.807) is 13.0 Å². The van der Waals surface area contributed by atoms with Gasteiger partial charge in [0.2, 0.25) is 5.91 Å². The maximum Gasteiger partial charge on any atom is 0.248 e. The van der Waals surface area contributed by atoms with Crippen molar-refractivity contribution in [2.24, 2.45) is 5.73 Å². The second-order valence-electron chi connectivity index (χ2n) is 4.77. The van der Waals surface area contributed by atoms with Gasteiger partial charge in [-0.3, -0.25) is 4.79 Å². The lowest BCUT2D eigenvalue weighted by molar-refractivity contribution is 0.1000. The molecule has 0 unspecified atom stereocenters. The van der Waals surface area contributed by atoms with E-state index in [4.69, 9.17) is 5.73 Å². The molecule has 0 aliphatic rings. The summed E-state index contributed by atoms with van der Waals surface area (Å²) >= 11 is 0. The Morgan fingerprint density at radius 1 is 1.25 bits per heavy atom. The van der Waals surface area contributed by atoms with Gasteiger partial charge in [-0.25, -0.2) is 4.39 Å². The average molecular weight is 272 g/mol. The van der Waals surface area contributed by atoms with Gasteiger partial charge in [0.25, 0.3) is 0 Å². The molecule has 2 aromatic rings. The Kier molecular flexibility index (Phi) is 4.03. The molecule has 0 fully saturated rings. The number of anilines is 1. The van der Waals surface area contributed by atoms with Crippen molar-refractivity contribution >= 4 is 11.6 Å². The zero-order valence-corrected chi connectivity index (χ0v) is 11.5. The highest BCUT2D eigenvalue weighted by Gasteiger charge is 2.10. The molecule has 0 spiro atoms. The number of carbonyl (C=O) groups excluding carboxylic acids is 1. The zero-order chi connectivity index (χ0) is 14.7. The van der Waals surface area contributed by atoms with Crippen LogP contribution in [0.15, 0.2) is 36.4 Å². The molecule has 2 aromatic carbocycles. The average Bonchev–Trinajstić information content (AvgIpc) is 2.41. The fourth-order valence-corrected chi connectivity index (χ4v) is 2.00. The third-order valence-corrected chi connectivity index (χ3v) is 3.36. The largest absolute Gasteiger partial charge is 0.381 e. The van der Waals surface area contributed by atoms with E-state index >= 15 is 0 Å². The molecule has 0 aliphatic carbocycles. The monoisotopic (exact) mass is 272 g/mol. The SMILES string of the molecule is Cc1ccccc1CNc1cc(C(N)=O)cc(F)c1C. The second kappa shape index (κ2) is 5.74. The summed E-state index contributed by atoms with van der Waals surface area (Å²) in [7, 11) is 0. The topological polar surface area (TPSA) is 55.1 Å². The number of rotatable bonds is 4. The van der Waals surface area contributed by atoms with Crippen LogP contribution in [0.4, 0.5) is 10.1 Å². The molecule has 1 amide bonds. The van der Waals surface area contributed by atoms with Gasteiger partial charge >= 0.3 is 0 Å². The number of nitrogens with two attached hydrogens (primary N) is 1. The predicted octanol–water partition coefficient (Wildman–Crippen LogP) is 3.15. The first-order valence-corrected chi connectivity index (χ1v) is 6.37. The third-order valence-electron chi connectivity index (χ3n) is 3.36. The highest BCUT2D eigenvalue weighted by molar-refractivity contribution is 5.94. The smallest absolute Gasteiger partial charge is 0.248 e. The molecule has 0 saturated carbocycles. The van der Waals surface area contributed by atoms with Crippen molar-refractivity contribution in [1.29, 1.82) is 0 Å².